The SMILES string of the molecule is CC[C@@H]1C2CCCCn3c(C4C[C@H](C)C(=O)O4)cc(c32)C2C1OC(=O)[C@H]2C. The van der Waals surface area contributed by atoms with Crippen LogP contribution in [0, 0.1) is 17.8 Å². The second-order valence-corrected chi connectivity index (χ2v) is 9.01. The normalized spacial score (nSPS) is 40.2. The number of nitrogens with zero attached hydrogens (tertiary/aromatic N) is 1. The number of carbonyl (C=O) groups is 2. The first-order valence-corrected chi connectivity index (χ1v) is 10.7. The molecule has 0 N–H and O–H groups in total. The topological polar surface area (TPSA) is 57.5 Å². The van der Waals surface area contributed by atoms with Gasteiger partial charge in [-0.15, -0.1) is 0 Å². The Labute approximate surface area is 160 Å². The molecule has 0 radical (unpaired) electrons. The zero-order valence-corrected chi connectivity index (χ0v) is 16.4. The smallest absolute Gasteiger partial charge is 0.309 e. The van der Waals surface area contributed by atoms with E-state index in [0.29, 0.717) is 11.8 Å². The summed E-state index contributed by atoms with van der Waals surface area (Å²) in [5.74, 6) is 0.690. The van der Waals surface area contributed by atoms with E-state index in [2.05, 4.69) is 17.6 Å². The van der Waals surface area contributed by atoms with E-state index in [4.69, 9.17) is 9.47 Å². The number of fused-ring (bicyclic) bond motifs is 2. The van der Waals surface area contributed by atoms with Gasteiger partial charge in [0.2, 0.25) is 0 Å². The Kier molecular flexibility index (Phi) is 3.92. The Morgan fingerprint density at radius 3 is 2.67 bits per heavy atom. The van der Waals surface area contributed by atoms with E-state index in [1.54, 1.807) is 0 Å². The van der Waals surface area contributed by atoms with E-state index in [-0.39, 0.29) is 41.9 Å². The van der Waals surface area contributed by atoms with Crippen LogP contribution in [0.25, 0.3) is 0 Å². The summed E-state index contributed by atoms with van der Waals surface area (Å²) in [5, 5.41) is 0. The van der Waals surface area contributed by atoms with Crippen LogP contribution in [0.3, 0.4) is 0 Å². The molecule has 0 bridgehead atoms. The molecule has 0 aromatic carbocycles. The minimum Gasteiger partial charge on any atom is -0.461 e. The minimum absolute atomic E-state index is 0.00171. The highest BCUT2D eigenvalue weighted by molar-refractivity contribution is 5.77. The molecule has 4 heterocycles. The van der Waals surface area contributed by atoms with Gasteiger partial charge in [0.15, 0.2) is 0 Å². The fraction of sp³-hybridized carbons (Fsp3) is 0.727. The van der Waals surface area contributed by atoms with E-state index >= 15 is 0 Å². The molecule has 146 valence electrons. The van der Waals surface area contributed by atoms with E-state index in [9.17, 15) is 9.59 Å². The highest BCUT2D eigenvalue weighted by atomic mass is 16.6. The van der Waals surface area contributed by atoms with E-state index < -0.39 is 0 Å². The number of hydrogen-bond donors (Lipinski definition) is 0. The first-order chi connectivity index (χ1) is 13.0. The van der Waals surface area contributed by atoms with Crippen molar-refractivity contribution in [3.8, 4) is 0 Å². The molecule has 4 aliphatic rings. The van der Waals surface area contributed by atoms with Crippen molar-refractivity contribution in [2.24, 2.45) is 17.8 Å². The molecule has 5 heteroatoms. The average molecular weight is 371 g/mol. The lowest BCUT2D eigenvalue weighted by molar-refractivity contribution is -0.146. The van der Waals surface area contributed by atoms with E-state index in [1.807, 2.05) is 13.8 Å². The predicted octanol–water partition coefficient (Wildman–Crippen LogP) is 4.06. The molecular formula is C22H29NO4. The summed E-state index contributed by atoms with van der Waals surface area (Å²) >= 11 is 0. The molecule has 3 aliphatic heterocycles. The summed E-state index contributed by atoms with van der Waals surface area (Å²) in [5.41, 5.74) is 3.85. The van der Waals surface area contributed by atoms with Crippen molar-refractivity contribution in [3.05, 3.63) is 23.0 Å². The quantitative estimate of drug-likeness (QED) is 0.736. The molecule has 2 fully saturated rings. The predicted molar refractivity (Wildman–Crippen MR) is 99.2 cm³/mol. The van der Waals surface area contributed by atoms with Gasteiger partial charge in [-0.3, -0.25) is 9.59 Å². The lowest BCUT2D eigenvalue weighted by Crippen LogP contribution is -2.36. The van der Waals surface area contributed by atoms with Gasteiger partial charge in [0.1, 0.15) is 12.2 Å². The summed E-state index contributed by atoms with van der Waals surface area (Å²) in [6.45, 7) is 7.17. The molecule has 2 saturated heterocycles. The maximum Gasteiger partial charge on any atom is 0.309 e. The maximum absolute atomic E-state index is 12.4. The lowest BCUT2D eigenvalue weighted by atomic mass is 9.66. The highest BCUT2D eigenvalue weighted by Crippen LogP contribution is 2.55. The van der Waals surface area contributed by atoms with Gasteiger partial charge in [-0.2, -0.15) is 0 Å². The van der Waals surface area contributed by atoms with Gasteiger partial charge < -0.3 is 14.0 Å². The summed E-state index contributed by atoms with van der Waals surface area (Å²) in [6, 6.07) is 2.26. The first-order valence-electron chi connectivity index (χ1n) is 10.7. The molecular weight excluding hydrogens is 342 g/mol. The molecule has 5 nitrogen and oxygen atoms in total. The van der Waals surface area contributed by atoms with Crippen molar-refractivity contribution >= 4 is 11.9 Å². The number of hydrogen-bond acceptors (Lipinski definition) is 4. The number of cyclic esters (lactones) is 1. The molecule has 4 unspecified atom stereocenters. The number of ether oxygens (including phenoxy) is 2. The summed E-state index contributed by atoms with van der Waals surface area (Å²) < 4.78 is 14.1. The minimum atomic E-state index is -0.149. The molecule has 0 spiro atoms. The van der Waals surface area contributed by atoms with Crippen molar-refractivity contribution in [1.29, 1.82) is 0 Å². The summed E-state index contributed by atoms with van der Waals surface area (Å²) in [7, 11) is 0. The fourth-order valence-corrected chi connectivity index (χ4v) is 6.19. The van der Waals surface area contributed by atoms with Crippen molar-refractivity contribution in [2.45, 2.75) is 83.5 Å². The molecule has 1 aliphatic carbocycles. The fourth-order valence-electron chi connectivity index (χ4n) is 6.19. The van der Waals surface area contributed by atoms with Crippen molar-refractivity contribution in [2.75, 3.05) is 0 Å². The first kappa shape index (κ1) is 17.3. The van der Waals surface area contributed by atoms with Gasteiger partial charge in [-0.1, -0.05) is 27.2 Å². The molecule has 1 aromatic heterocycles. The van der Waals surface area contributed by atoms with Gasteiger partial charge in [0, 0.05) is 36.4 Å². The molecule has 0 saturated carbocycles. The standard InChI is InChI=1S/C22H29NO4/c1-4-13-14-7-5-6-8-23-16(17-9-11(2)21(24)26-17)10-15(19(14)23)18-12(3)22(25)27-20(13)18/h10-14,17-18,20H,4-9H2,1-3H3/t11-,12-,13+,14?,17?,18?,20?/m0/s1. The van der Waals surface area contributed by atoms with Gasteiger partial charge in [0.05, 0.1) is 17.5 Å². The van der Waals surface area contributed by atoms with E-state index in [1.165, 1.54) is 17.7 Å². The number of carbonyl (C=O) groups excluding carboxylic acids is 2. The number of rotatable bonds is 2. The van der Waals surface area contributed by atoms with Crippen molar-refractivity contribution in [3.63, 3.8) is 0 Å². The zero-order valence-electron chi connectivity index (χ0n) is 16.4. The van der Waals surface area contributed by atoms with Crippen LogP contribution in [0.4, 0.5) is 0 Å². The lowest BCUT2D eigenvalue weighted by Gasteiger charge is -2.39. The molecule has 1 aromatic rings. The third kappa shape index (κ3) is 2.36. The molecule has 0 amide bonds. The van der Waals surface area contributed by atoms with Crippen molar-refractivity contribution in [1.82, 2.24) is 4.57 Å². The third-order valence-corrected chi connectivity index (χ3v) is 7.54. The van der Waals surface area contributed by atoms with Crippen LogP contribution >= 0.6 is 0 Å². The molecule has 5 rings (SSSR count). The maximum atomic E-state index is 12.4. The third-order valence-electron chi connectivity index (χ3n) is 7.54. The Hall–Kier alpha value is -1.78. The zero-order chi connectivity index (χ0) is 18.9. The Morgan fingerprint density at radius 2 is 1.96 bits per heavy atom. The largest absolute Gasteiger partial charge is 0.461 e. The molecule has 7 atom stereocenters. The van der Waals surface area contributed by atoms with Crippen LogP contribution in [0.5, 0.6) is 0 Å². The summed E-state index contributed by atoms with van der Waals surface area (Å²) in [4.78, 5) is 24.5. The molecule has 27 heavy (non-hydrogen) atoms. The van der Waals surface area contributed by atoms with Crippen LogP contribution in [-0.2, 0) is 25.6 Å². The van der Waals surface area contributed by atoms with Crippen LogP contribution < -0.4 is 0 Å². The van der Waals surface area contributed by atoms with E-state index in [0.717, 1.165) is 37.9 Å². The monoisotopic (exact) mass is 371 g/mol. The number of esters is 2. The van der Waals surface area contributed by atoms with Gasteiger partial charge in [-0.25, -0.2) is 0 Å². The van der Waals surface area contributed by atoms with Crippen LogP contribution in [0.15, 0.2) is 6.07 Å². The van der Waals surface area contributed by atoms with Gasteiger partial charge >= 0.3 is 11.9 Å². The second-order valence-electron chi connectivity index (χ2n) is 9.01. The van der Waals surface area contributed by atoms with Gasteiger partial charge in [0.25, 0.3) is 0 Å². The van der Waals surface area contributed by atoms with Crippen LogP contribution in [-0.4, -0.2) is 22.6 Å². The van der Waals surface area contributed by atoms with Crippen molar-refractivity contribution < 1.29 is 19.1 Å². The van der Waals surface area contributed by atoms with Crippen LogP contribution in [0.1, 0.15) is 87.8 Å². The average Bonchev–Trinajstić information content (AvgIpc) is 3.20. The highest BCUT2D eigenvalue weighted by Gasteiger charge is 2.54. The van der Waals surface area contributed by atoms with Crippen LogP contribution in [0.2, 0.25) is 0 Å². The Bertz CT molecular complexity index is 796. The number of aromatic nitrogens is 1. The van der Waals surface area contributed by atoms with Gasteiger partial charge in [-0.05, 0) is 30.9 Å². The Morgan fingerprint density at radius 1 is 1.15 bits per heavy atom. The second kappa shape index (κ2) is 6.11. The summed E-state index contributed by atoms with van der Waals surface area (Å²) in [6.07, 6.45) is 5.14. The Balaban J connectivity index is 1.67.